The average molecular weight is 625 g/mol. The van der Waals surface area contributed by atoms with Gasteiger partial charge >= 0.3 is 0 Å². The summed E-state index contributed by atoms with van der Waals surface area (Å²) in [5, 5.41) is 15.2. The van der Waals surface area contributed by atoms with Gasteiger partial charge in [0.2, 0.25) is 5.95 Å². The van der Waals surface area contributed by atoms with Crippen LogP contribution in [-0.2, 0) is 4.74 Å². The van der Waals surface area contributed by atoms with Crippen molar-refractivity contribution in [3.63, 3.8) is 0 Å². The number of hydrogen-bond acceptors (Lipinski definition) is 14. The molecule has 0 radical (unpaired) electrons. The lowest BCUT2D eigenvalue weighted by Crippen LogP contribution is -2.43. The number of primary amides is 1. The number of rotatable bonds is 7. The number of aromatic nitrogens is 5. The van der Waals surface area contributed by atoms with Gasteiger partial charge in [-0.2, -0.15) is 14.6 Å². The minimum Gasteiger partial charge on any atom is -0.378 e. The smallest absolute Gasteiger partial charge is 0.256 e. The molecule has 2 aliphatic rings. The first-order chi connectivity index (χ1) is 20.5. The van der Waals surface area contributed by atoms with Gasteiger partial charge < -0.3 is 31.7 Å². The largest absolute Gasteiger partial charge is 0.378 e. The molecule has 1 saturated heterocycles. The Kier molecular flexibility index (Phi) is 7.23. The van der Waals surface area contributed by atoms with Crippen molar-refractivity contribution < 1.29 is 9.53 Å². The maximum Gasteiger partial charge on any atom is 0.256 e. The first-order valence-corrected chi connectivity index (χ1v) is 16.1. The number of carbonyl (C=O) groups is 1. The van der Waals surface area contributed by atoms with Crippen LogP contribution in [-0.4, -0.2) is 68.9 Å². The van der Waals surface area contributed by atoms with Gasteiger partial charge in [0.25, 0.3) is 5.91 Å². The van der Waals surface area contributed by atoms with Crippen LogP contribution >= 0.6 is 34.0 Å². The Balaban J connectivity index is 1.23. The molecule has 6 N–H and O–H groups in total. The van der Waals surface area contributed by atoms with Gasteiger partial charge in [-0.15, -0.1) is 22.7 Å². The van der Waals surface area contributed by atoms with Crippen molar-refractivity contribution >= 4 is 76.7 Å². The highest BCUT2D eigenvalue weighted by molar-refractivity contribution is 7.29. The molecule has 16 heteroatoms. The third-order valence-electron chi connectivity index (χ3n) is 7.54. The van der Waals surface area contributed by atoms with E-state index in [1.807, 2.05) is 5.38 Å². The molecular weight excluding hydrogens is 597 g/mol. The fourth-order valence-electron chi connectivity index (χ4n) is 5.39. The van der Waals surface area contributed by atoms with Gasteiger partial charge in [-0.25, -0.2) is 9.97 Å². The van der Waals surface area contributed by atoms with Crippen LogP contribution in [0.5, 0.6) is 0 Å². The van der Waals surface area contributed by atoms with E-state index in [9.17, 15) is 9.59 Å². The SMILES string of the molecule is NC(=O)c1c(Nc2cnc(-c3csc4c(=O)cc(N5CCOCC5)sc34)s2)nc(N[C@H]2CCCC[C@H]2N)n2ncnc12. The van der Waals surface area contributed by atoms with Gasteiger partial charge in [0.05, 0.1) is 33.8 Å². The number of hydrogen-bond donors (Lipinski definition) is 4. The lowest BCUT2D eigenvalue weighted by atomic mass is 9.91. The lowest BCUT2D eigenvalue weighted by Gasteiger charge is -2.29. The minimum absolute atomic E-state index is 0.00557. The zero-order chi connectivity index (χ0) is 28.8. The molecule has 6 heterocycles. The zero-order valence-corrected chi connectivity index (χ0v) is 24.9. The molecule has 0 spiro atoms. The predicted molar refractivity (Wildman–Crippen MR) is 167 cm³/mol. The van der Waals surface area contributed by atoms with Gasteiger partial charge in [-0.3, -0.25) is 9.59 Å². The second kappa shape index (κ2) is 11.2. The maximum atomic E-state index is 13.0. The summed E-state index contributed by atoms with van der Waals surface area (Å²) in [5.74, 6) is -0.0104. The van der Waals surface area contributed by atoms with Crippen molar-refractivity contribution in [2.75, 3.05) is 41.8 Å². The number of anilines is 4. The van der Waals surface area contributed by atoms with Crippen molar-refractivity contribution in [2.45, 2.75) is 37.8 Å². The lowest BCUT2D eigenvalue weighted by molar-refractivity contribution is 0.100. The van der Waals surface area contributed by atoms with Gasteiger partial charge in [0.15, 0.2) is 16.9 Å². The van der Waals surface area contributed by atoms with Crippen LogP contribution < -0.4 is 32.4 Å². The van der Waals surface area contributed by atoms with E-state index in [2.05, 4.69) is 30.6 Å². The fourth-order valence-corrected chi connectivity index (χ4v) is 8.71. The fraction of sp³-hybridized carbons (Fsp3) is 0.385. The van der Waals surface area contributed by atoms with Crippen molar-refractivity contribution in [3.8, 4) is 10.6 Å². The van der Waals surface area contributed by atoms with Crippen molar-refractivity contribution in [1.82, 2.24) is 24.6 Å². The van der Waals surface area contributed by atoms with E-state index in [0.29, 0.717) is 34.5 Å². The van der Waals surface area contributed by atoms with Gasteiger partial charge in [-0.05, 0) is 12.8 Å². The molecule has 7 rings (SSSR count). The van der Waals surface area contributed by atoms with Crippen molar-refractivity contribution in [3.05, 3.63) is 39.8 Å². The molecule has 5 aromatic heterocycles. The topological polar surface area (TPSA) is 179 Å². The number of carbonyl (C=O) groups excluding carboxylic acids is 1. The van der Waals surface area contributed by atoms with Crippen LogP contribution in [0.3, 0.4) is 0 Å². The number of morpholine rings is 1. The number of nitrogens with one attached hydrogen (secondary N) is 2. The standard InChI is InChI=1S/C26H28N10O3S3/c27-14-3-1-2-4-15(14)32-26-34-23(19(22(28)38)24-30-12-31-36(24)26)33-17-10-29-25(41-17)13-11-40-21-16(37)9-18(42-20(13)21)35-5-7-39-8-6-35/h9-12,14-15,33H,1-8,27H2,(H2,28,38)(H,32,34)/t14-,15+/m1/s1. The highest BCUT2D eigenvalue weighted by Crippen LogP contribution is 2.41. The van der Waals surface area contributed by atoms with E-state index >= 15 is 0 Å². The Morgan fingerprint density at radius 3 is 2.76 bits per heavy atom. The molecule has 13 nitrogen and oxygen atoms in total. The Hall–Kier alpha value is -3.70. The van der Waals surface area contributed by atoms with Gasteiger partial charge in [0.1, 0.15) is 21.9 Å². The first-order valence-electron chi connectivity index (χ1n) is 13.6. The molecule has 0 bridgehead atoms. The molecule has 0 aromatic carbocycles. The molecule has 1 saturated carbocycles. The summed E-state index contributed by atoms with van der Waals surface area (Å²) in [6.45, 7) is 2.79. The van der Waals surface area contributed by atoms with E-state index in [1.54, 1.807) is 23.6 Å². The highest BCUT2D eigenvalue weighted by Gasteiger charge is 2.26. The minimum atomic E-state index is -0.682. The van der Waals surface area contributed by atoms with Crippen LogP contribution in [0.15, 0.2) is 28.8 Å². The average Bonchev–Trinajstić information content (AvgIpc) is 3.75. The second-order valence-corrected chi connectivity index (χ2v) is 13.2. The Morgan fingerprint density at radius 2 is 1.95 bits per heavy atom. The number of amides is 1. The maximum absolute atomic E-state index is 13.0. The van der Waals surface area contributed by atoms with E-state index < -0.39 is 5.91 Å². The van der Waals surface area contributed by atoms with Crippen LogP contribution in [0.2, 0.25) is 0 Å². The third kappa shape index (κ3) is 4.98. The first kappa shape index (κ1) is 27.2. The van der Waals surface area contributed by atoms with Crippen LogP contribution in [0, 0.1) is 0 Å². The van der Waals surface area contributed by atoms with E-state index in [4.69, 9.17) is 21.2 Å². The predicted octanol–water partition coefficient (Wildman–Crippen LogP) is 3.25. The quantitative estimate of drug-likeness (QED) is 0.209. The van der Waals surface area contributed by atoms with Crippen LogP contribution in [0.1, 0.15) is 36.0 Å². The molecule has 42 heavy (non-hydrogen) atoms. The third-order valence-corrected chi connectivity index (χ3v) is 10.8. The molecule has 1 amide bonds. The Bertz CT molecular complexity index is 1840. The number of nitrogens with two attached hydrogens (primary N) is 2. The second-order valence-electron chi connectivity index (χ2n) is 10.2. The molecule has 5 aromatic rings. The van der Waals surface area contributed by atoms with Gasteiger partial charge in [0, 0.05) is 42.2 Å². The monoisotopic (exact) mass is 624 g/mol. The van der Waals surface area contributed by atoms with Crippen LogP contribution in [0.25, 0.3) is 25.6 Å². The number of nitrogens with zero attached hydrogens (tertiary/aromatic N) is 6. The van der Waals surface area contributed by atoms with E-state index in [0.717, 1.165) is 59.0 Å². The summed E-state index contributed by atoms with van der Waals surface area (Å²) >= 11 is 4.41. The summed E-state index contributed by atoms with van der Waals surface area (Å²) < 4.78 is 8.58. The number of thiophene rings is 1. The normalized spacial score (nSPS) is 19.4. The molecule has 2 fully saturated rings. The zero-order valence-electron chi connectivity index (χ0n) is 22.4. The summed E-state index contributed by atoms with van der Waals surface area (Å²) in [4.78, 5) is 41.4. The Morgan fingerprint density at radius 1 is 1.12 bits per heavy atom. The summed E-state index contributed by atoms with van der Waals surface area (Å²) in [5.41, 5.74) is 13.5. The van der Waals surface area contributed by atoms with Gasteiger partial charge in [-0.1, -0.05) is 24.2 Å². The van der Waals surface area contributed by atoms with Crippen molar-refractivity contribution in [2.24, 2.45) is 11.5 Å². The molecule has 1 aliphatic heterocycles. The molecule has 1 aliphatic carbocycles. The summed E-state index contributed by atoms with van der Waals surface area (Å²) in [6, 6.07) is 1.72. The molecule has 2 atom stereocenters. The van der Waals surface area contributed by atoms with Crippen LogP contribution in [0.4, 0.5) is 21.8 Å². The number of ether oxygens (including phenoxy) is 1. The molecular formula is C26H28N10O3S3. The van der Waals surface area contributed by atoms with E-state index in [-0.39, 0.29) is 28.9 Å². The molecule has 218 valence electrons. The summed E-state index contributed by atoms with van der Waals surface area (Å²) in [6.07, 6.45) is 7.04. The summed E-state index contributed by atoms with van der Waals surface area (Å²) in [7, 11) is 0. The van der Waals surface area contributed by atoms with Crippen molar-refractivity contribution in [1.29, 1.82) is 0 Å². The van der Waals surface area contributed by atoms with E-state index in [1.165, 1.54) is 33.5 Å². The highest BCUT2D eigenvalue weighted by atomic mass is 32.1. The number of thiazole rings is 1. The Labute approximate surface area is 251 Å². The molecule has 0 unspecified atom stereocenters. The number of fused-ring (bicyclic) bond motifs is 2.